The van der Waals surface area contributed by atoms with E-state index in [1.165, 1.54) is 19.2 Å². The van der Waals surface area contributed by atoms with Crippen molar-refractivity contribution in [2.24, 2.45) is 7.05 Å². The second-order valence-corrected chi connectivity index (χ2v) is 8.72. The van der Waals surface area contributed by atoms with E-state index in [9.17, 15) is 22.8 Å². The number of piperazine rings is 1. The number of esters is 1. The first-order valence-corrected chi connectivity index (χ1v) is 11.4. The highest BCUT2D eigenvalue weighted by Gasteiger charge is 2.33. The third-order valence-electron chi connectivity index (χ3n) is 6.29. The number of aromatic nitrogens is 3. The average Bonchev–Trinajstić information content (AvgIpc) is 3.16. The number of benzene rings is 1. The smallest absolute Gasteiger partial charge is 0.433 e. The van der Waals surface area contributed by atoms with Crippen LogP contribution in [-0.2, 0) is 24.4 Å². The summed E-state index contributed by atoms with van der Waals surface area (Å²) in [4.78, 5) is 37.9. The number of ether oxygens (including phenoxy) is 1. The van der Waals surface area contributed by atoms with Gasteiger partial charge in [0.25, 0.3) is 5.91 Å². The summed E-state index contributed by atoms with van der Waals surface area (Å²) < 4.78 is 45.8. The molecule has 0 unspecified atom stereocenters. The Morgan fingerprint density at radius 2 is 1.81 bits per heavy atom. The maximum absolute atomic E-state index is 13.0. The Morgan fingerprint density at radius 3 is 2.47 bits per heavy atom. The number of carbonyl (C=O) groups excluding carboxylic acids is 2. The molecule has 1 aliphatic heterocycles. The van der Waals surface area contributed by atoms with E-state index in [1.807, 2.05) is 11.6 Å². The quantitative estimate of drug-likeness (QED) is 0.516. The third kappa shape index (κ3) is 5.49. The van der Waals surface area contributed by atoms with Gasteiger partial charge in [0, 0.05) is 46.2 Å². The fourth-order valence-corrected chi connectivity index (χ4v) is 4.13. The van der Waals surface area contributed by atoms with Gasteiger partial charge in [0.15, 0.2) is 0 Å². The van der Waals surface area contributed by atoms with Crippen LogP contribution in [0.25, 0.3) is 11.0 Å². The van der Waals surface area contributed by atoms with Crippen molar-refractivity contribution in [3.05, 3.63) is 53.1 Å². The van der Waals surface area contributed by atoms with Crippen molar-refractivity contribution < 1.29 is 27.5 Å². The number of amides is 1. The molecule has 0 atom stereocenters. The molecule has 0 aliphatic carbocycles. The molecule has 192 valence electrons. The molecular weight excluding hydrogens is 477 g/mol. The summed E-state index contributed by atoms with van der Waals surface area (Å²) in [5.41, 5.74) is -0.292. The summed E-state index contributed by atoms with van der Waals surface area (Å²) in [6, 6.07) is 6.13. The lowest BCUT2D eigenvalue weighted by molar-refractivity contribution is -0.141. The largest absolute Gasteiger partial charge is 0.465 e. The molecule has 0 radical (unpaired) electrons. The summed E-state index contributed by atoms with van der Waals surface area (Å²) >= 11 is 0. The van der Waals surface area contributed by atoms with Gasteiger partial charge in [-0.15, -0.1) is 0 Å². The van der Waals surface area contributed by atoms with Crippen molar-refractivity contribution in [1.29, 1.82) is 0 Å². The number of methoxy groups -OCH3 is 1. The van der Waals surface area contributed by atoms with E-state index in [0.29, 0.717) is 17.5 Å². The number of rotatable bonds is 6. The van der Waals surface area contributed by atoms with Gasteiger partial charge in [0.2, 0.25) is 0 Å². The van der Waals surface area contributed by atoms with Gasteiger partial charge >= 0.3 is 12.1 Å². The lowest BCUT2D eigenvalue weighted by atomic mass is 10.1. The number of pyridine rings is 1. The molecule has 1 aliphatic rings. The molecule has 0 spiro atoms. The first kappa shape index (κ1) is 25.6. The molecule has 3 aromatic rings. The number of hydrogen-bond acceptors (Lipinski definition) is 7. The van der Waals surface area contributed by atoms with E-state index in [2.05, 4.69) is 32.1 Å². The highest BCUT2D eigenvalue weighted by Crippen LogP contribution is 2.29. The van der Waals surface area contributed by atoms with E-state index in [0.717, 1.165) is 50.7 Å². The van der Waals surface area contributed by atoms with Crippen LogP contribution in [-0.4, -0.2) is 83.1 Å². The van der Waals surface area contributed by atoms with E-state index < -0.39 is 29.4 Å². The SMILES string of the molecule is COC(=O)c1cc2nc(CCN3CCN(C)CC3)n(C)c2cc1NC(=O)c1cccc(C(F)(F)F)n1. The molecule has 1 fully saturated rings. The summed E-state index contributed by atoms with van der Waals surface area (Å²) in [7, 11) is 5.14. The van der Waals surface area contributed by atoms with Gasteiger partial charge in [-0.2, -0.15) is 13.2 Å². The highest BCUT2D eigenvalue weighted by molar-refractivity contribution is 6.09. The number of aryl methyl sites for hydroxylation is 1. The molecule has 12 heteroatoms. The first-order valence-electron chi connectivity index (χ1n) is 11.4. The van der Waals surface area contributed by atoms with Crippen LogP contribution in [0.4, 0.5) is 18.9 Å². The van der Waals surface area contributed by atoms with Crippen molar-refractivity contribution in [3.63, 3.8) is 0 Å². The van der Waals surface area contributed by atoms with Crippen molar-refractivity contribution in [3.8, 4) is 0 Å². The van der Waals surface area contributed by atoms with Crippen LogP contribution in [0.3, 0.4) is 0 Å². The van der Waals surface area contributed by atoms with Gasteiger partial charge in [-0.05, 0) is 31.3 Å². The van der Waals surface area contributed by atoms with Crippen LogP contribution < -0.4 is 5.32 Å². The molecule has 2 aromatic heterocycles. The lowest BCUT2D eigenvalue weighted by Gasteiger charge is -2.32. The van der Waals surface area contributed by atoms with Crippen LogP contribution in [0.5, 0.6) is 0 Å². The van der Waals surface area contributed by atoms with E-state index in [1.54, 1.807) is 6.07 Å². The van der Waals surface area contributed by atoms with Crippen molar-refractivity contribution in [1.82, 2.24) is 24.3 Å². The average molecular weight is 505 g/mol. The Hall–Kier alpha value is -3.51. The zero-order valence-corrected chi connectivity index (χ0v) is 20.2. The molecule has 1 saturated heterocycles. The van der Waals surface area contributed by atoms with Crippen LogP contribution >= 0.6 is 0 Å². The standard InChI is InChI=1S/C24H27F3N6O3/c1-31-9-11-33(12-10-31)8-7-21-29-18-13-15(23(35)36-3)17(14-19(18)32(21)2)30-22(34)16-5-4-6-20(28-16)24(25,26)27/h4-6,13-14H,7-12H2,1-3H3,(H,30,34). The number of anilines is 1. The zero-order valence-electron chi connectivity index (χ0n) is 20.2. The Balaban J connectivity index is 1.61. The summed E-state index contributed by atoms with van der Waals surface area (Å²) in [5, 5.41) is 2.51. The number of halogens is 3. The van der Waals surface area contributed by atoms with E-state index in [4.69, 9.17) is 4.74 Å². The van der Waals surface area contributed by atoms with Crippen molar-refractivity contribution in [2.45, 2.75) is 12.6 Å². The zero-order chi connectivity index (χ0) is 26.0. The summed E-state index contributed by atoms with van der Waals surface area (Å²) in [6.07, 6.45) is -4.00. The number of nitrogens with one attached hydrogen (secondary N) is 1. The highest BCUT2D eigenvalue weighted by atomic mass is 19.4. The third-order valence-corrected chi connectivity index (χ3v) is 6.29. The van der Waals surface area contributed by atoms with Crippen molar-refractivity contribution >= 4 is 28.6 Å². The molecular formula is C24H27F3N6O3. The van der Waals surface area contributed by atoms with Crippen LogP contribution in [0, 0.1) is 0 Å². The molecule has 0 saturated carbocycles. The second-order valence-electron chi connectivity index (χ2n) is 8.72. The number of alkyl halides is 3. The minimum Gasteiger partial charge on any atom is -0.465 e. The van der Waals surface area contributed by atoms with Gasteiger partial charge in [0.05, 0.1) is 29.4 Å². The van der Waals surface area contributed by atoms with Gasteiger partial charge < -0.3 is 24.4 Å². The normalized spacial score (nSPS) is 15.3. The molecule has 4 rings (SSSR count). The number of carbonyl (C=O) groups is 2. The molecule has 0 bridgehead atoms. The maximum atomic E-state index is 13.0. The Labute approximate surface area is 205 Å². The fourth-order valence-electron chi connectivity index (χ4n) is 4.13. The lowest BCUT2D eigenvalue weighted by Crippen LogP contribution is -2.45. The summed E-state index contributed by atoms with van der Waals surface area (Å²) in [5.74, 6) is -0.792. The monoisotopic (exact) mass is 504 g/mol. The van der Waals surface area contributed by atoms with Crippen LogP contribution in [0.2, 0.25) is 0 Å². The maximum Gasteiger partial charge on any atom is 0.433 e. The number of hydrogen-bond donors (Lipinski definition) is 1. The second kappa shape index (κ2) is 10.2. The van der Waals surface area contributed by atoms with Crippen LogP contribution in [0.15, 0.2) is 30.3 Å². The summed E-state index contributed by atoms with van der Waals surface area (Å²) in [6.45, 7) is 4.81. The van der Waals surface area contributed by atoms with Crippen LogP contribution in [0.1, 0.15) is 32.4 Å². The Bertz CT molecular complexity index is 1280. The molecule has 3 heterocycles. The minimum atomic E-state index is -4.69. The van der Waals surface area contributed by atoms with E-state index in [-0.39, 0.29) is 11.3 Å². The van der Waals surface area contributed by atoms with Gasteiger partial charge in [0.1, 0.15) is 17.2 Å². The minimum absolute atomic E-state index is 0.0362. The molecule has 1 N–H and O–H groups in total. The predicted octanol–water partition coefficient (Wildman–Crippen LogP) is 2.82. The van der Waals surface area contributed by atoms with Gasteiger partial charge in [-0.1, -0.05) is 6.07 Å². The number of nitrogens with zero attached hydrogens (tertiary/aromatic N) is 5. The molecule has 36 heavy (non-hydrogen) atoms. The fraction of sp³-hybridized carbons (Fsp3) is 0.417. The molecule has 9 nitrogen and oxygen atoms in total. The van der Waals surface area contributed by atoms with Gasteiger partial charge in [-0.3, -0.25) is 4.79 Å². The Kier molecular flexibility index (Phi) is 7.27. The molecule has 1 amide bonds. The molecule has 1 aromatic carbocycles. The Morgan fingerprint density at radius 1 is 1.08 bits per heavy atom. The number of likely N-dealkylation sites (N-methyl/N-ethyl adjacent to an activating group) is 1. The van der Waals surface area contributed by atoms with E-state index >= 15 is 0 Å². The number of fused-ring (bicyclic) bond motifs is 1. The topological polar surface area (TPSA) is 92.6 Å². The van der Waals surface area contributed by atoms with Gasteiger partial charge in [-0.25, -0.2) is 14.8 Å². The first-order chi connectivity index (χ1) is 17.1. The number of imidazole rings is 1. The van der Waals surface area contributed by atoms with Crippen molar-refractivity contribution in [2.75, 3.05) is 52.2 Å². The predicted molar refractivity (Wildman–Crippen MR) is 127 cm³/mol.